The summed E-state index contributed by atoms with van der Waals surface area (Å²) in [7, 11) is -3.00. The van der Waals surface area contributed by atoms with Crippen LogP contribution in [0.3, 0.4) is 0 Å². The molecular formula is C12H15N3O3S2. The Balaban J connectivity index is 1.85. The minimum atomic E-state index is -3.00. The molecule has 3 heterocycles. The van der Waals surface area contributed by atoms with Crippen molar-refractivity contribution < 1.29 is 13.2 Å². The molecule has 108 valence electrons. The van der Waals surface area contributed by atoms with Gasteiger partial charge in [-0.3, -0.25) is 9.20 Å². The predicted molar refractivity (Wildman–Crippen MR) is 76.8 cm³/mol. The third-order valence-corrected chi connectivity index (χ3v) is 6.08. The van der Waals surface area contributed by atoms with Gasteiger partial charge in [0.2, 0.25) is 0 Å². The van der Waals surface area contributed by atoms with Crippen molar-refractivity contribution in [3.8, 4) is 0 Å². The number of amides is 1. The predicted octanol–water partition coefficient (Wildman–Crippen LogP) is 1.04. The van der Waals surface area contributed by atoms with Crippen LogP contribution in [0.2, 0.25) is 0 Å². The minimum absolute atomic E-state index is 0.0643. The fourth-order valence-electron chi connectivity index (χ4n) is 2.57. The van der Waals surface area contributed by atoms with Crippen molar-refractivity contribution in [1.82, 2.24) is 14.3 Å². The standard InChI is InChI=1S/C12H15N3O3S2/c1-2-15(9-3-6-20(17,18)8-9)11(16)10-7-14-4-5-19-12(14)13-10/h4-5,7,9H,2-3,6,8H2,1H3. The van der Waals surface area contributed by atoms with Gasteiger partial charge < -0.3 is 4.90 Å². The third kappa shape index (κ3) is 2.33. The number of hydrogen-bond donors (Lipinski definition) is 0. The molecule has 1 unspecified atom stereocenters. The maximum absolute atomic E-state index is 12.5. The Morgan fingerprint density at radius 2 is 2.40 bits per heavy atom. The van der Waals surface area contributed by atoms with Gasteiger partial charge in [0.1, 0.15) is 5.69 Å². The van der Waals surface area contributed by atoms with Crippen LogP contribution in [0.5, 0.6) is 0 Å². The Bertz CT molecular complexity index is 718. The van der Waals surface area contributed by atoms with Crippen LogP contribution in [0.15, 0.2) is 17.8 Å². The molecule has 1 aliphatic heterocycles. The minimum Gasteiger partial charge on any atom is -0.334 e. The van der Waals surface area contributed by atoms with Crippen molar-refractivity contribution in [2.75, 3.05) is 18.1 Å². The first-order valence-corrected chi connectivity index (χ1v) is 9.14. The average molecular weight is 313 g/mol. The van der Waals surface area contributed by atoms with Crippen molar-refractivity contribution in [3.63, 3.8) is 0 Å². The van der Waals surface area contributed by atoms with Crippen molar-refractivity contribution in [2.24, 2.45) is 0 Å². The molecule has 1 fully saturated rings. The summed E-state index contributed by atoms with van der Waals surface area (Å²) < 4.78 is 24.9. The van der Waals surface area contributed by atoms with Crippen LogP contribution in [0, 0.1) is 0 Å². The molecule has 8 heteroatoms. The smallest absolute Gasteiger partial charge is 0.274 e. The van der Waals surface area contributed by atoms with Gasteiger partial charge in [-0.2, -0.15) is 0 Å². The Morgan fingerprint density at radius 1 is 1.60 bits per heavy atom. The zero-order valence-electron chi connectivity index (χ0n) is 11.0. The topological polar surface area (TPSA) is 71.8 Å². The van der Waals surface area contributed by atoms with Crippen LogP contribution in [-0.4, -0.2) is 52.7 Å². The Labute approximate surface area is 121 Å². The number of carbonyl (C=O) groups excluding carboxylic acids is 1. The number of hydrogen-bond acceptors (Lipinski definition) is 5. The van der Waals surface area contributed by atoms with E-state index < -0.39 is 9.84 Å². The van der Waals surface area contributed by atoms with Gasteiger partial charge in [-0.1, -0.05) is 0 Å². The molecule has 0 spiro atoms. The summed E-state index contributed by atoms with van der Waals surface area (Å²) in [6, 6.07) is -0.225. The molecule has 2 aromatic heterocycles. The summed E-state index contributed by atoms with van der Waals surface area (Å²) >= 11 is 1.46. The number of carbonyl (C=O) groups is 1. The van der Waals surface area contributed by atoms with Gasteiger partial charge >= 0.3 is 0 Å². The van der Waals surface area contributed by atoms with Gasteiger partial charge in [0.05, 0.1) is 11.5 Å². The van der Waals surface area contributed by atoms with Gasteiger partial charge in [0.25, 0.3) is 5.91 Å². The molecule has 1 amide bonds. The fraction of sp³-hybridized carbons (Fsp3) is 0.500. The van der Waals surface area contributed by atoms with Crippen LogP contribution in [0.1, 0.15) is 23.8 Å². The van der Waals surface area contributed by atoms with Crippen LogP contribution in [0.25, 0.3) is 4.96 Å². The first-order valence-electron chi connectivity index (χ1n) is 6.44. The third-order valence-electron chi connectivity index (χ3n) is 3.56. The van der Waals surface area contributed by atoms with E-state index in [2.05, 4.69) is 4.98 Å². The number of fused-ring (bicyclic) bond motifs is 1. The summed E-state index contributed by atoms with van der Waals surface area (Å²) in [6.07, 6.45) is 4.06. The van der Waals surface area contributed by atoms with Crippen molar-refractivity contribution in [2.45, 2.75) is 19.4 Å². The van der Waals surface area contributed by atoms with Crippen molar-refractivity contribution >= 4 is 32.0 Å². The molecule has 1 aliphatic rings. The maximum atomic E-state index is 12.5. The highest BCUT2D eigenvalue weighted by atomic mass is 32.2. The number of aromatic nitrogens is 2. The van der Waals surface area contributed by atoms with E-state index >= 15 is 0 Å². The second kappa shape index (κ2) is 4.85. The highest BCUT2D eigenvalue weighted by Gasteiger charge is 2.34. The summed E-state index contributed by atoms with van der Waals surface area (Å²) in [5.74, 6) is 0.0413. The molecule has 0 aromatic carbocycles. The Hall–Kier alpha value is -1.41. The Morgan fingerprint density at radius 3 is 3.00 bits per heavy atom. The SMILES string of the molecule is CCN(C(=O)c1cn2ccsc2n1)C1CCS(=O)(=O)C1. The summed E-state index contributed by atoms with van der Waals surface area (Å²) in [5.41, 5.74) is 0.378. The van der Waals surface area contributed by atoms with E-state index in [1.165, 1.54) is 11.3 Å². The van der Waals surface area contributed by atoms with Gasteiger partial charge in [-0.15, -0.1) is 11.3 Å². The van der Waals surface area contributed by atoms with E-state index in [-0.39, 0.29) is 23.5 Å². The van der Waals surface area contributed by atoms with Gasteiger partial charge in [-0.05, 0) is 13.3 Å². The molecule has 0 aliphatic carbocycles. The van der Waals surface area contributed by atoms with Crippen LogP contribution in [-0.2, 0) is 9.84 Å². The molecule has 6 nitrogen and oxygen atoms in total. The summed E-state index contributed by atoms with van der Waals surface area (Å²) in [5, 5.41) is 1.90. The number of nitrogens with zero attached hydrogens (tertiary/aromatic N) is 3. The van der Waals surface area contributed by atoms with E-state index in [0.29, 0.717) is 18.7 Å². The van der Waals surface area contributed by atoms with E-state index in [1.54, 1.807) is 15.5 Å². The van der Waals surface area contributed by atoms with Crippen LogP contribution < -0.4 is 0 Å². The lowest BCUT2D eigenvalue weighted by Crippen LogP contribution is -2.41. The molecule has 0 radical (unpaired) electrons. The number of thiazole rings is 1. The first-order chi connectivity index (χ1) is 9.50. The normalized spacial score (nSPS) is 21.4. The van der Waals surface area contributed by atoms with Crippen molar-refractivity contribution in [3.05, 3.63) is 23.5 Å². The average Bonchev–Trinajstić information content (AvgIpc) is 3.03. The maximum Gasteiger partial charge on any atom is 0.274 e. The highest BCUT2D eigenvalue weighted by molar-refractivity contribution is 7.91. The molecule has 1 saturated heterocycles. The zero-order chi connectivity index (χ0) is 14.3. The van der Waals surface area contributed by atoms with Gasteiger partial charge in [0.15, 0.2) is 14.8 Å². The second-order valence-corrected chi connectivity index (χ2v) is 7.97. The van der Waals surface area contributed by atoms with E-state index in [4.69, 9.17) is 0 Å². The van der Waals surface area contributed by atoms with Crippen molar-refractivity contribution in [1.29, 1.82) is 0 Å². The summed E-state index contributed by atoms with van der Waals surface area (Å²) in [6.45, 7) is 2.35. The zero-order valence-corrected chi connectivity index (χ0v) is 12.7. The lowest BCUT2D eigenvalue weighted by Gasteiger charge is -2.25. The largest absolute Gasteiger partial charge is 0.334 e. The highest BCUT2D eigenvalue weighted by Crippen LogP contribution is 2.20. The lowest BCUT2D eigenvalue weighted by molar-refractivity contribution is 0.0703. The molecule has 0 N–H and O–H groups in total. The van der Waals surface area contributed by atoms with Gasteiger partial charge in [0, 0.05) is 30.4 Å². The molecule has 1 atom stereocenters. The summed E-state index contributed by atoms with van der Waals surface area (Å²) in [4.78, 5) is 19.2. The monoisotopic (exact) mass is 313 g/mol. The van der Waals surface area contributed by atoms with Gasteiger partial charge in [-0.25, -0.2) is 13.4 Å². The van der Waals surface area contributed by atoms with E-state index in [1.807, 2.05) is 18.5 Å². The number of imidazole rings is 1. The lowest BCUT2D eigenvalue weighted by atomic mass is 10.2. The molecular weight excluding hydrogens is 298 g/mol. The molecule has 2 aromatic rings. The first kappa shape index (κ1) is 13.6. The van der Waals surface area contributed by atoms with Crippen LogP contribution in [0.4, 0.5) is 0 Å². The molecule has 20 heavy (non-hydrogen) atoms. The second-order valence-electron chi connectivity index (χ2n) is 4.87. The quantitative estimate of drug-likeness (QED) is 0.849. The molecule has 3 rings (SSSR count). The fourth-order valence-corrected chi connectivity index (χ4v) is 5.00. The number of sulfone groups is 1. The number of rotatable bonds is 3. The Kier molecular flexibility index (Phi) is 3.29. The van der Waals surface area contributed by atoms with E-state index in [9.17, 15) is 13.2 Å². The van der Waals surface area contributed by atoms with E-state index in [0.717, 1.165) is 4.96 Å². The van der Waals surface area contributed by atoms with Crippen LogP contribution >= 0.6 is 11.3 Å². The molecule has 0 bridgehead atoms. The molecule has 0 saturated carbocycles.